The molecule has 4 nitrogen and oxygen atoms in total. The second kappa shape index (κ2) is 9.64. The quantitative estimate of drug-likeness (QED) is 0.558. The third-order valence-corrected chi connectivity index (χ3v) is 5.15. The molecule has 26 heavy (non-hydrogen) atoms. The summed E-state index contributed by atoms with van der Waals surface area (Å²) in [6, 6.07) is 13.1. The van der Waals surface area contributed by atoms with Crippen molar-refractivity contribution in [3.05, 3.63) is 64.2 Å². The lowest BCUT2D eigenvalue weighted by Crippen LogP contribution is -2.31. The van der Waals surface area contributed by atoms with Crippen molar-refractivity contribution in [1.29, 1.82) is 0 Å². The molecule has 1 amide bonds. The smallest absolute Gasteiger partial charge is 0.316 e. The Labute approximate surface area is 163 Å². The van der Waals surface area contributed by atoms with E-state index in [4.69, 9.17) is 16.3 Å². The molecule has 0 spiro atoms. The van der Waals surface area contributed by atoms with Gasteiger partial charge in [-0.1, -0.05) is 41.4 Å². The molecule has 0 heterocycles. The summed E-state index contributed by atoms with van der Waals surface area (Å²) in [5.74, 6) is -0.594. The largest absolute Gasteiger partial charge is 0.455 e. The van der Waals surface area contributed by atoms with E-state index in [0.29, 0.717) is 5.02 Å². The van der Waals surface area contributed by atoms with Crippen LogP contribution in [0, 0.1) is 13.8 Å². The highest BCUT2D eigenvalue weighted by atomic mass is 35.5. The molecule has 2 aromatic carbocycles. The SMILES string of the molecule is Cc1ccc(SCC(=O)OCC(=O)N[C@@H](C)c2cccc(Cl)c2)c(C)c1. The van der Waals surface area contributed by atoms with Crippen molar-refractivity contribution in [2.75, 3.05) is 12.4 Å². The maximum atomic E-state index is 12.0. The molecule has 138 valence electrons. The molecule has 0 aliphatic rings. The summed E-state index contributed by atoms with van der Waals surface area (Å²) >= 11 is 7.36. The first kappa shape index (κ1) is 20.3. The van der Waals surface area contributed by atoms with Crippen LogP contribution in [0.1, 0.15) is 29.7 Å². The van der Waals surface area contributed by atoms with E-state index in [1.54, 1.807) is 12.1 Å². The van der Waals surface area contributed by atoms with Crippen LogP contribution in [0.25, 0.3) is 0 Å². The van der Waals surface area contributed by atoms with E-state index in [0.717, 1.165) is 16.0 Å². The summed E-state index contributed by atoms with van der Waals surface area (Å²) in [5, 5.41) is 3.40. The van der Waals surface area contributed by atoms with Crippen LogP contribution in [0.4, 0.5) is 0 Å². The molecule has 1 atom stereocenters. The second-order valence-corrected chi connectivity index (χ2v) is 7.52. The molecule has 2 aromatic rings. The van der Waals surface area contributed by atoms with Gasteiger partial charge in [0.15, 0.2) is 6.61 Å². The summed E-state index contributed by atoms with van der Waals surface area (Å²) in [6.45, 7) is 5.59. The summed E-state index contributed by atoms with van der Waals surface area (Å²) in [5.41, 5.74) is 3.19. The van der Waals surface area contributed by atoms with Crippen LogP contribution in [-0.2, 0) is 14.3 Å². The number of ether oxygens (including phenoxy) is 1. The Morgan fingerprint density at radius 2 is 1.96 bits per heavy atom. The Morgan fingerprint density at radius 3 is 2.65 bits per heavy atom. The Morgan fingerprint density at radius 1 is 1.19 bits per heavy atom. The van der Waals surface area contributed by atoms with Crippen LogP contribution in [-0.4, -0.2) is 24.2 Å². The van der Waals surface area contributed by atoms with Crippen molar-refractivity contribution in [3.8, 4) is 0 Å². The third kappa shape index (κ3) is 6.39. The number of nitrogens with one attached hydrogen (secondary N) is 1. The van der Waals surface area contributed by atoms with Gasteiger partial charge in [-0.3, -0.25) is 9.59 Å². The maximum Gasteiger partial charge on any atom is 0.316 e. The number of hydrogen-bond donors (Lipinski definition) is 1. The summed E-state index contributed by atoms with van der Waals surface area (Å²) < 4.78 is 5.05. The van der Waals surface area contributed by atoms with Gasteiger partial charge >= 0.3 is 5.97 Å². The number of halogens is 1. The molecular formula is C20H22ClNO3S. The predicted molar refractivity (Wildman–Crippen MR) is 106 cm³/mol. The van der Waals surface area contributed by atoms with Gasteiger partial charge in [0.2, 0.25) is 0 Å². The molecule has 0 fully saturated rings. The minimum atomic E-state index is -0.416. The standard InChI is InChI=1S/C20H22ClNO3S/c1-13-7-8-18(14(2)9-13)26-12-20(24)25-11-19(23)22-15(3)16-5-4-6-17(21)10-16/h4-10,15H,11-12H2,1-3H3,(H,22,23)/t15-/m0/s1. The summed E-state index contributed by atoms with van der Waals surface area (Å²) in [6.07, 6.45) is 0. The zero-order valence-electron chi connectivity index (χ0n) is 15.0. The van der Waals surface area contributed by atoms with Gasteiger partial charge < -0.3 is 10.1 Å². The number of benzene rings is 2. The molecule has 0 aromatic heterocycles. The van der Waals surface area contributed by atoms with Crippen molar-refractivity contribution >= 4 is 35.2 Å². The van der Waals surface area contributed by atoms with Crippen molar-refractivity contribution < 1.29 is 14.3 Å². The van der Waals surface area contributed by atoms with Crippen molar-refractivity contribution in [2.45, 2.75) is 31.7 Å². The second-order valence-electron chi connectivity index (χ2n) is 6.06. The van der Waals surface area contributed by atoms with Gasteiger partial charge in [-0.2, -0.15) is 0 Å². The minimum Gasteiger partial charge on any atom is -0.455 e. The Balaban J connectivity index is 1.75. The number of amides is 1. The van der Waals surface area contributed by atoms with Crippen molar-refractivity contribution in [1.82, 2.24) is 5.32 Å². The van der Waals surface area contributed by atoms with E-state index in [1.807, 2.05) is 45.0 Å². The van der Waals surface area contributed by atoms with Gasteiger partial charge in [0.1, 0.15) is 0 Å². The van der Waals surface area contributed by atoms with Crippen molar-refractivity contribution in [2.24, 2.45) is 0 Å². The van der Waals surface area contributed by atoms with E-state index in [9.17, 15) is 9.59 Å². The lowest BCUT2D eigenvalue weighted by atomic mass is 10.1. The van der Waals surface area contributed by atoms with Crippen LogP contribution in [0.5, 0.6) is 0 Å². The van der Waals surface area contributed by atoms with Crippen molar-refractivity contribution in [3.63, 3.8) is 0 Å². The predicted octanol–water partition coefficient (Wildman–Crippen LogP) is 4.47. The van der Waals surface area contributed by atoms with Crippen LogP contribution >= 0.6 is 23.4 Å². The topological polar surface area (TPSA) is 55.4 Å². The first-order valence-electron chi connectivity index (χ1n) is 8.25. The molecule has 0 saturated carbocycles. The first-order valence-corrected chi connectivity index (χ1v) is 9.62. The number of carbonyl (C=O) groups excluding carboxylic acids is 2. The van der Waals surface area contributed by atoms with Gasteiger partial charge in [-0.25, -0.2) is 0 Å². The summed E-state index contributed by atoms with van der Waals surface area (Å²) in [7, 11) is 0. The van der Waals surface area contributed by atoms with Crippen LogP contribution in [0.2, 0.25) is 5.02 Å². The van der Waals surface area contributed by atoms with Crippen LogP contribution in [0.15, 0.2) is 47.4 Å². The highest BCUT2D eigenvalue weighted by molar-refractivity contribution is 8.00. The number of rotatable bonds is 7. The van der Waals surface area contributed by atoms with Gasteiger partial charge in [-0.05, 0) is 50.1 Å². The zero-order chi connectivity index (χ0) is 19.1. The van der Waals surface area contributed by atoms with Gasteiger partial charge in [0, 0.05) is 9.92 Å². The molecule has 6 heteroatoms. The highest BCUT2D eigenvalue weighted by Gasteiger charge is 2.13. The van der Waals surface area contributed by atoms with E-state index < -0.39 is 5.97 Å². The van der Waals surface area contributed by atoms with Crippen LogP contribution < -0.4 is 5.32 Å². The lowest BCUT2D eigenvalue weighted by molar-refractivity contribution is -0.146. The monoisotopic (exact) mass is 391 g/mol. The lowest BCUT2D eigenvalue weighted by Gasteiger charge is -2.14. The minimum absolute atomic E-state index is 0.168. The molecule has 1 N–H and O–H groups in total. The van der Waals surface area contributed by atoms with Gasteiger partial charge in [-0.15, -0.1) is 11.8 Å². The average molecular weight is 392 g/mol. The molecule has 0 saturated heterocycles. The fraction of sp³-hybridized carbons (Fsp3) is 0.300. The van der Waals surface area contributed by atoms with E-state index in [1.165, 1.54) is 17.3 Å². The molecule has 0 unspecified atom stereocenters. The maximum absolute atomic E-state index is 12.0. The van der Waals surface area contributed by atoms with Gasteiger partial charge in [0.05, 0.1) is 11.8 Å². The molecule has 0 aliphatic carbocycles. The fourth-order valence-electron chi connectivity index (χ4n) is 2.43. The Kier molecular flexibility index (Phi) is 7.54. The number of thioether (sulfide) groups is 1. The number of esters is 1. The molecule has 2 rings (SSSR count). The average Bonchev–Trinajstić information content (AvgIpc) is 2.59. The molecule has 0 radical (unpaired) electrons. The fourth-order valence-corrected chi connectivity index (χ4v) is 3.43. The normalized spacial score (nSPS) is 11.7. The number of carbonyl (C=O) groups is 2. The molecular weight excluding hydrogens is 370 g/mol. The van der Waals surface area contributed by atoms with E-state index in [2.05, 4.69) is 11.4 Å². The molecule has 0 bridgehead atoms. The van der Waals surface area contributed by atoms with Gasteiger partial charge in [0.25, 0.3) is 5.91 Å². The first-order chi connectivity index (χ1) is 12.3. The number of hydrogen-bond acceptors (Lipinski definition) is 4. The Bertz CT molecular complexity index is 794. The third-order valence-electron chi connectivity index (χ3n) is 3.77. The van der Waals surface area contributed by atoms with E-state index in [-0.39, 0.29) is 24.3 Å². The van der Waals surface area contributed by atoms with E-state index >= 15 is 0 Å². The zero-order valence-corrected chi connectivity index (χ0v) is 16.6. The molecule has 0 aliphatic heterocycles. The Hall–Kier alpha value is -1.98. The number of aryl methyl sites for hydroxylation is 2. The highest BCUT2D eigenvalue weighted by Crippen LogP contribution is 2.23. The van der Waals surface area contributed by atoms with Crippen LogP contribution in [0.3, 0.4) is 0 Å². The summed E-state index contributed by atoms with van der Waals surface area (Å²) in [4.78, 5) is 24.8.